The highest BCUT2D eigenvalue weighted by Crippen LogP contribution is 2.13. The minimum atomic E-state index is -3.67. The monoisotopic (exact) mass is 359 g/mol. The molecule has 1 heterocycles. The van der Waals surface area contributed by atoms with Crippen LogP contribution in [-0.4, -0.2) is 31.7 Å². The van der Waals surface area contributed by atoms with Crippen molar-refractivity contribution >= 4 is 39.0 Å². The lowest BCUT2D eigenvalue weighted by Gasteiger charge is -2.06. The molecule has 2 aromatic rings. The Morgan fingerprint density at radius 2 is 1.86 bits per heavy atom. The lowest BCUT2D eigenvalue weighted by Crippen LogP contribution is -2.16. The van der Waals surface area contributed by atoms with Crippen LogP contribution in [0.1, 0.15) is 10.4 Å². The Morgan fingerprint density at radius 3 is 2.55 bits per heavy atom. The number of hydrogen-bond acceptors (Lipinski definition) is 5. The Kier molecular flexibility index (Phi) is 5.39. The van der Waals surface area contributed by atoms with Gasteiger partial charge in [-0.25, -0.2) is 18.2 Å². The number of pyridine rings is 1. The minimum absolute atomic E-state index is 0.0806. The largest absolute Gasteiger partial charge is 0.461 e. The van der Waals surface area contributed by atoms with Crippen LogP contribution in [0.5, 0.6) is 0 Å². The number of aromatic nitrogens is 1. The van der Waals surface area contributed by atoms with Gasteiger partial charge in [0, 0.05) is 5.02 Å². The molecule has 0 spiro atoms. The first kappa shape index (κ1) is 16.7. The van der Waals surface area contributed by atoms with Gasteiger partial charge in [-0.2, -0.15) is 0 Å². The number of halogens is 2. The van der Waals surface area contributed by atoms with Crippen molar-refractivity contribution in [3.63, 3.8) is 0 Å². The van der Waals surface area contributed by atoms with Gasteiger partial charge in [0.05, 0.1) is 11.3 Å². The zero-order valence-corrected chi connectivity index (χ0v) is 13.5. The molecule has 0 aliphatic heterocycles. The molecule has 0 atom stereocenters. The molecule has 22 heavy (non-hydrogen) atoms. The van der Waals surface area contributed by atoms with Crippen LogP contribution in [0.25, 0.3) is 0 Å². The molecule has 0 bridgehead atoms. The van der Waals surface area contributed by atoms with Crippen molar-refractivity contribution in [3.05, 3.63) is 58.2 Å². The van der Waals surface area contributed by atoms with Crippen molar-refractivity contribution < 1.29 is 17.9 Å². The molecule has 0 unspecified atom stereocenters. The highest BCUT2D eigenvalue weighted by atomic mass is 35.5. The van der Waals surface area contributed by atoms with Crippen LogP contribution in [0.4, 0.5) is 0 Å². The van der Waals surface area contributed by atoms with E-state index in [9.17, 15) is 13.2 Å². The van der Waals surface area contributed by atoms with E-state index < -0.39 is 15.8 Å². The third-order valence-corrected chi connectivity index (χ3v) is 4.67. The van der Waals surface area contributed by atoms with Crippen LogP contribution in [0, 0.1) is 0 Å². The molecule has 116 valence electrons. The Hall–Kier alpha value is -1.63. The third-order valence-electron chi connectivity index (χ3n) is 2.65. The van der Waals surface area contributed by atoms with E-state index >= 15 is 0 Å². The number of hydrogen-bond donors (Lipinski definition) is 0. The maximum absolute atomic E-state index is 12.0. The predicted octanol–water partition coefficient (Wildman–Crippen LogP) is 3.02. The highest BCUT2D eigenvalue weighted by Gasteiger charge is 2.17. The number of ether oxygens (including phenoxy) is 1. The molecule has 0 aliphatic rings. The van der Waals surface area contributed by atoms with Crippen LogP contribution < -0.4 is 0 Å². The van der Waals surface area contributed by atoms with Crippen molar-refractivity contribution in [2.45, 2.75) is 5.03 Å². The third kappa shape index (κ3) is 4.43. The lowest BCUT2D eigenvalue weighted by molar-refractivity contribution is 0.0529. The smallest absolute Gasteiger partial charge is 0.338 e. The summed E-state index contributed by atoms with van der Waals surface area (Å²) in [5, 5.41) is 0.320. The molecule has 0 amide bonds. The normalized spacial score (nSPS) is 11.2. The fraction of sp³-hybridized carbons (Fsp3) is 0.143. The molecule has 2 rings (SSSR count). The van der Waals surface area contributed by atoms with Gasteiger partial charge in [0.1, 0.15) is 11.8 Å². The molecular weight excluding hydrogens is 349 g/mol. The summed E-state index contributed by atoms with van der Waals surface area (Å²) in [6, 6.07) is 10.5. The van der Waals surface area contributed by atoms with Crippen molar-refractivity contribution in [1.29, 1.82) is 0 Å². The zero-order valence-electron chi connectivity index (χ0n) is 11.2. The van der Waals surface area contributed by atoms with Crippen LogP contribution in [-0.2, 0) is 14.6 Å². The van der Waals surface area contributed by atoms with E-state index in [4.69, 9.17) is 27.9 Å². The van der Waals surface area contributed by atoms with Crippen molar-refractivity contribution in [1.82, 2.24) is 4.98 Å². The molecule has 1 aromatic carbocycles. The van der Waals surface area contributed by atoms with Gasteiger partial charge in [-0.15, -0.1) is 0 Å². The quantitative estimate of drug-likeness (QED) is 0.605. The summed E-state index contributed by atoms with van der Waals surface area (Å²) < 4.78 is 29.0. The number of nitrogens with zero attached hydrogens (tertiary/aromatic N) is 1. The Labute approximate surface area is 137 Å². The minimum Gasteiger partial charge on any atom is -0.461 e. The molecule has 8 heteroatoms. The van der Waals surface area contributed by atoms with Gasteiger partial charge < -0.3 is 4.74 Å². The summed E-state index contributed by atoms with van der Waals surface area (Å²) >= 11 is 11.4. The van der Waals surface area contributed by atoms with Gasteiger partial charge >= 0.3 is 5.97 Å². The maximum atomic E-state index is 12.0. The number of benzene rings is 1. The van der Waals surface area contributed by atoms with Crippen LogP contribution >= 0.6 is 23.2 Å². The summed E-state index contributed by atoms with van der Waals surface area (Å²) in [4.78, 5) is 15.5. The summed E-state index contributed by atoms with van der Waals surface area (Å²) in [5.74, 6) is -1.02. The maximum Gasteiger partial charge on any atom is 0.338 e. The molecule has 0 saturated heterocycles. The fourth-order valence-corrected chi connectivity index (χ4v) is 3.05. The molecular formula is C14H11Cl2NO4S. The molecule has 0 aliphatic carbocycles. The van der Waals surface area contributed by atoms with E-state index in [1.807, 2.05) is 0 Å². The van der Waals surface area contributed by atoms with Crippen molar-refractivity contribution in [3.8, 4) is 0 Å². The van der Waals surface area contributed by atoms with E-state index in [-0.39, 0.29) is 28.1 Å². The topological polar surface area (TPSA) is 73.3 Å². The van der Waals surface area contributed by atoms with Crippen LogP contribution in [0.2, 0.25) is 10.2 Å². The molecule has 0 saturated carbocycles. The van der Waals surface area contributed by atoms with E-state index in [0.29, 0.717) is 5.02 Å². The Bertz CT molecular complexity index is 793. The summed E-state index contributed by atoms with van der Waals surface area (Å²) in [7, 11) is -3.67. The second kappa shape index (κ2) is 7.09. The standard InChI is InChI=1S/C14H11Cl2NO4S/c15-11-4-1-3-10(9-11)14(18)21-7-8-22(19,20)13-6-2-5-12(16)17-13/h1-6,9H,7-8H2. The van der Waals surface area contributed by atoms with Crippen LogP contribution in [0.3, 0.4) is 0 Å². The van der Waals surface area contributed by atoms with E-state index in [0.717, 1.165) is 0 Å². The summed E-state index contributed by atoms with van der Waals surface area (Å²) in [5.41, 5.74) is 0.255. The average molecular weight is 360 g/mol. The molecule has 0 N–H and O–H groups in total. The molecule has 0 fully saturated rings. The number of carbonyl (C=O) groups is 1. The van der Waals surface area contributed by atoms with Gasteiger partial charge in [0.25, 0.3) is 0 Å². The van der Waals surface area contributed by atoms with E-state index in [1.165, 1.54) is 30.3 Å². The summed E-state index contributed by atoms with van der Waals surface area (Å²) in [6.07, 6.45) is 0. The summed E-state index contributed by atoms with van der Waals surface area (Å²) in [6.45, 7) is -0.290. The molecule has 5 nitrogen and oxygen atoms in total. The second-order valence-electron chi connectivity index (χ2n) is 4.26. The highest BCUT2D eigenvalue weighted by molar-refractivity contribution is 7.91. The number of rotatable bonds is 5. The predicted molar refractivity (Wildman–Crippen MR) is 83.0 cm³/mol. The van der Waals surface area contributed by atoms with Crippen LogP contribution in [0.15, 0.2) is 47.5 Å². The molecule has 1 aromatic heterocycles. The first-order chi connectivity index (χ1) is 10.4. The van der Waals surface area contributed by atoms with Gasteiger partial charge in [-0.3, -0.25) is 0 Å². The van der Waals surface area contributed by atoms with E-state index in [1.54, 1.807) is 12.1 Å². The zero-order chi connectivity index (χ0) is 16.2. The van der Waals surface area contributed by atoms with Gasteiger partial charge in [-0.1, -0.05) is 35.3 Å². The number of sulfone groups is 1. The Balaban J connectivity index is 1.97. The first-order valence-corrected chi connectivity index (χ1v) is 8.57. The SMILES string of the molecule is O=C(OCCS(=O)(=O)c1cccc(Cl)n1)c1cccc(Cl)c1. The van der Waals surface area contributed by atoms with E-state index in [2.05, 4.69) is 4.98 Å². The van der Waals surface area contributed by atoms with Crippen molar-refractivity contribution in [2.75, 3.05) is 12.4 Å². The van der Waals surface area contributed by atoms with Gasteiger partial charge in [0.15, 0.2) is 14.9 Å². The Morgan fingerprint density at radius 1 is 1.14 bits per heavy atom. The van der Waals surface area contributed by atoms with Crippen molar-refractivity contribution in [2.24, 2.45) is 0 Å². The first-order valence-electron chi connectivity index (χ1n) is 6.16. The number of carbonyl (C=O) groups excluding carboxylic acids is 1. The fourth-order valence-electron chi connectivity index (χ4n) is 1.61. The number of esters is 1. The van der Waals surface area contributed by atoms with Gasteiger partial charge in [-0.05, 0) is 30.3 Å². The lowest BCUT2D eigenvalue weighted by atomic mass is 10.2. The van der Waals surface area contributed by atoms with Gasteiger partial charge in [0.2, 0.25) is 0 Å². The molecule has 0 radical (unpaired) electrons. The average Bonchev–Trinajstić information content (AvgIpc) is 2.47. The second-order valence-corrected chi connectivity index (χ2v) is 7.14.